The minimum Gasteiger partial charge on any atom is -0.375 e. The van der Waals surface area contributed by atoms with E-state index in [0.717, 1.165) is 34.0 Å². The van der Waals surface area contributed by atoms with Crippen molar-refractivity contribution >= 4 is 69.4 Å². The lowest BCUT2D eigenvalue weighted by molar-refractivity contribution is -0.119. The number of hydrogen-bond acceptors (Lipinski definition) is 4. The Labute approximate surface area is 253 Å². The third kappa shape index (κ3) is 5.30. The number of carbonyl (C=O) groups excluding carboxylic acids is 1. The Morgan fingerprint density at radius 2 is 1.88 bits per heavy atom. The monoisotopic (exact) mass is 613 g/mol. The lowest BCUT2D eigenvalue weighted by atomic mass is 9.96. The number of thiocarbonyl (C=S) groups is 1. The van der Waals surface area contributed by atoms with E-state index < -0.39 is 0 Å². The molecular weight excluding hydrogens is 589 g/mol. The standard InChI is InChI=1S/C29H26Cl3N5O2S/c1-16-13-19(17(2)36(16)24-9-6-7-20(30)26(24)32)28-27(23-8-4-5-12-33-23)35-29(40)37(28)18-10-11-22(21(31)14-18)34-25(38)15-39-3/h4-14,27-28H,15H2,1-3H3,(H,34,38)(H,35,40)/t27-,28-/m1/s1. The number of hydrogen-bond donors (Lipinski definition) is 2. The molecule has 40 heavy (non-hydrogen) atoms. The molecule has 0 radical (unpaired) electrons. The van der Waals surface area contributed by atoms with Crippen LogP contribution in [0.15, 0.2) is 66.9 Å². The normalized spacial score (nSPS) is 16.8. The number of nitrogens with zero attached hydrogens (tertiary/aromatic N) is 3. The summed E-state index contributed by atoms with van der Waals surface area (Å²) < 4.78 is 7.01. The summed E-state index contributed by atoms with van der Waals surface area (Å²) in [5.41, 5.74) is 5.90. The van der Waals surface area contributed by atoms with Crippen molar-refractivity contribution in [3.05, 3.63) is 105 Å². The SMILES string of the molecule is COCC(=O)Nc1ccc(N2C(=S)N[C@H](c3ccccn3)[C@H]2c2cc(C)n(-c3cccc(Cl)c3Cl)c2C)cc1Cl. The van der Waals surface area contributed by atoms with Crippen molar-refractivity contribution in [2.45, 2.75) is 25.9 Å². The maximum Gasteiger partial charge on any atom is 0.250 e. The second kappa shape index (κ2) is 11.8. The molecule has 2 aromatic heterocycles. The second-order valence-electron chi connectivity index (χ2n) is 9.38. The van der Waals surface area contributed by atoms with Gasteiger partial charge in [-0.15, -0.1) is 0 Å². The van der Waals surface area contributed by atoms with E-state index in [1.165, 1.54) is 7.11 Å². The first-order valence-electron chi connectivity index (χ1n) is 12.4. The highest BCUT2D eigenvalue weighted by atomic mass is 35.5. The first kappa shape index (κ1) is 28.4. The fourth-order valence-electron chi connectivity index (χ4n) is 5.14. The zero-order valence-electron chi connectivity index (χ0n) is 21.9. The van der Waals surface area contributed by atoms with Crippen LogP contribution in [0, 0.1) is 13.8 Å². The summed E-state index contributed by atoms with van der Waals surface area (Å²) in [6.07, 6.45) is 1.77. The predicted octanol–water partition coefficient (Wildman–Crippen LogP) is 7.21. The third-order valence-electron chi connectivity index (χ3n) is 6.84. The fraction of sp³-hybridized carbons (Fsp3) is 0.207. The van der Waals surface area contributed by atoms with Gasteiger partial charge in [0, 0.05) is 30.4 Å². The largest absolute Gasteiger partial charge is 0.375 e. The molecule has 0 unspecified atom stereocenters. The number of halogens is 3. The lowest BCUT2D eigenvalue weighted by Crippen LogP contribution is -2.29. The van der Waals surface area contributed by atoms with Crippen LogP contribution in [0.1, 0.15) is 34.7 Å². The number of nitrogens with one attached hydrogen (secondary N) is 2. The van der Waals surface area contributed by atoms with Crippen LogP contribution in [0.2, 0.25) is 15.1 Å². The van der Waals surface area contributed by atoms with Crippen molar-refractivity contribution in [2.75, 3.05) is 23.9 Å². The molecule has 3 heterocycles. The maximum atomic E-state index is 12.1. The van der Waals surface area contributed by atoms with E-state index in [4.69, 9.17) is 51.8 Å². The Hall–Kier alpha value is -3.14. The van der Waals surface area contributed by atoms with Crippen LogP contribution in [-0.2, 0) is 9.53 Å². The zero-order chi connectivity index (χ0) is 28.6. The number of aromatic nitrogens is 2. The highest BCUT2D eigenvalue weighted by Crippen LogP contribution is 2.45. The summed E-state index contributed by atoms with van der Waals surface area (Å²) in [4.78, 5) is 18.7. The van der Waals surface area contributed by atoms with Gasteiger partial charge in [0.25, 0.3) is 0 Å². The van der Waals surface area contributed by atoms with Gasteiger partial charge in [0.15, 0.2) is 5.11 Å². The first-order chi connectivity index (χ1) is 19.2. The van der Waals surface area contributed by atoms with E-state index in [1.54, 1.807) is 24.4 Å². The van der Waals surface area contributed by atoms with Crippen molar-refractivity contribution in [1.82, 2.24) is 14.9 Å². The molecule has 2 N–H and O–H groups in total. The molecule has 1 saturated heterocycles. The van der Waals surface area contributed by atoms with Gasteiger partial charge in [-0.05, 0) is 80.2 Å². The van der Waals surface area contributed by atoms with Crippen LogP contribution in [0.4, 0.5) is 11.4 Å². The highest BCUT2D eigenvalue weighted by Gasteiger charge is 2.42. The Morgan fingerprint density at radius 1 is 1.07 bits per heavy atom. The summed E-state index contributed by atoms with van der Waals surface area (Å²) in [6, 6.07) is 18.4. The highest BCUT2D eigenvalue weighted by molar-refractivity contribution is 7.80. The maximum absolute atomic E-state index is 12.1. The molecule has 5 rings (SSSR count). The number of ether oxygens (including phenoxy) is 1. The number of methoxy groups -OCH3 is 1. The van der Waals surface area contributed by atoms with Gasteiger partial charge in [-0.3, -0.25) is 9.78 Å². The minimum absolute atomic E-state index is 0.0711. The summed E-state index contributed by atoms with van der Waals surface area (Å²) in [6.45, 7) is 4.01. The summed E-state index contributed by atoms with van der Waals surface area (Å²) in [5.74, 6) is -0.296. The molecule has 7 nitrogen and oxygen atoms in total. The van der Waals surface area contributed by atoms with Crippen molar-refractivity contribution in [1.29, 1.82) is 0 Å². The van der Waals surface area contributed by atoms with Crippen LogP contribution in [0.5, 0.6) is 0 Å². The fourth-order valence-corrected chi connectivity index (χ4v) is 6.09. The quantitative estimate of drug-likeness (QED) is 0.214. The number of benzene rings is 2. The Balaban J connectivity index is 1.63. The Kier molecular flexibility index (Phi) is 8.35. The summed E-state index contributed by atoms with van der Waals surface area (Å²) in [7, 11) is 1.46. The third-order valence-corrected chi connectivity index (χ3v) is 8.28. The van der Waals surface area contributed by atoms with Gasteiger partial charge in [0.05, 0.1) is 44.2 Å². The van der Waals surface area contributed by atoms with E-state index in [0.29, 0.717) is 25.9 Å². The van der Waals surface area contributed by atoms with Crippen molar-refractivity contribution < 1.29 is 9.53 Å². The van der Waals surface area contributed by atoms with Crippen LogP contribution >= 0.6 is 47.0 Å². The van der Waals surface area contributed by atoms with Crippen LogP contribution in [0.25, 0.3) is 5.69 Å². The molecule has 0 spiro atoms. The molecule has 4 aromatic rings. The first-order valence-corrected chi connectivity index (χ1v) is 14.0. The van der Waals surface area contributed by atoms with Gasteiger partial charge in [-0.2, -0.15) is 0 Å². The number of carbonyl (C=O) groups is 1. The molecule has 2 atom stereocenters. The van der Waals surface area contributed by atoms with E-state index in [2.05, 4.69) is 33.2 Å². The predicted molar refractivity (Wildman–Crippen MR) is 165 cm³/mol. The molecule has 0 saturated carbocycles. The van der Waals surface area contributed by atoms with Crippen LogP contribution in [0.3, 0.4) is 0 Å². The van der Waals surface area contributed by atoms with Gasteiger partial charge < -0.3 is 24.8 Å². The smallest absolute Gasteiger partial charge is 0.250 e. The van der Waals surface area contributed by atoms with Crippen molar-refractivity contribution in [2.24, 2.45) is 0 Å². The number of rotatable bonds is 7. The van der Waals surface area contributed by atoms with Gasteiger partial charge >= 0.3 is 0 Å². The molecule has 1 aliphatic heterocycles. The summed E-state index contributed by atoms with van der Waals surface area (Å²) >= 11 is 25.5. The molecule has 1 amide bonds. The molecular formula is C29H26Cl3N5O2S. The second-order valence-corrected chi connectivity index (χ2v) is 11.0. The van der Waals surface area contributed by atoms with Crippen molar-refractivity contribution in [3.8, 4) is 5.69 Å². The van der Waals surface area contributed by atoms with Gasteiger partial charge in [-0.1, -0.05) is 46.9 Å². The van der Waals surface area contributed by atoms with E-state index in [9.17, 15) is 4.79 Å². The van der Waals surface area contributed by atoms with Crippen molar-refractivity contribution in [3.63, 3.8) is 0 Å². The van der Waals surface area contributed by atoms with E-state index in [1.807, 2.05) is 48.2 Å². The van der Waals surface area contributed by atoms with Crippen LogP contribution < -0.4 is 15.5 Å². The number of aryl methyl sites for hydroxylation is 1. The van der Waals surface area contributed by atoms with E-state index >= 15 is 0 Å². The van der Waals surface area contributed by atoms with Crippen LogP contribution in [-0.4, -0.2) is 34.3 Å². The topological polar surface area (TPSA) is 71.4 Å². The molecule has 206 valence electrons. The molecule has 1 fully saturated rings. The molecule has 2 aromatic carbocycles. The molecule has 0 bridgehead atoms. The average molecular weight is 615 g/mol. The Morgan fingerprint density at radius 3 is 2.58 bits per heavy atom. The van der Waals surface area contributed by atoms with Gasteiger partial charge in [0.1, 0.15) is 6.61 Å². The number of pyridine rings is 1. The molecule has 11 heteroatoms. The number of amides is 1. The van der Waals surface area contributed by atoms with Gasteiger partial charge in [0.2, 0.25) is 5.91 Å². The zero-order valence-corrected chi connectivity index (χ0v) is 25.0. The average Bonchev–Trinajstić information content (AvgIpc) is 3.42. The van der Waals surface area contributed by atoms with E-state index in [-0.39, 0.29) is 24.6 Å². The number of anilines is 2. The summed E-state index contributed by atoms with van der Waals surface area (Å²) in [5, 5.41) is 8.11. The molecule has 1 aliphatic rings. The lowest BCUT2D eigenvalue weighted by Gasteiger charge is -2.28. The minimum atomic E-state index is -0.296. The molecule has 0 aliphatic carbocycles. The van der Waals surface area contributed by atoms with Gasteiger partial charge in [-0.25, -0.2) is 0 Å². The Bertz CT molecular complexity index is 1590.